The Kier molecular flexibility index (Phi) is 4.14. The van der Waals surface area contributed by atoms with Crippen LogP contribution in [0, 0.1) is 6.92 Å². The number of aromatic carboxylic acids is 1. The molecule has 0 unspecified atom stereocenters. The summed E-state index contributed by atoms with van der Waals surface area (Å²) in [6, 6.07) is 2.84. The predicted octanol–water partition coefficient (Wildman–Crippen LogP) is 0.918. The number of carboxylic acid groups (broad SMARTS) is 1. The van der Waals surface area contributed by atoms with Crippen LogP contribution in [-0.4, -0.2) is 27.1 Å². The Morgan fingerprint density at radius 1 is 1.40 bits per heavy atom. The van der Waals surface area contributed by atoms with Crippen LogP contribution in [0.15, 0.2) is 21.1 Å². The van der Waals surface area contributed by atoms with E-state index in [-0.39, 0.29) is 24.6 Å². The van der Waals surface area contributed by atoms with Gasteiger partial charge >= 0.3 is 5.97 Å². The topological polar surface area (TPSA) is 118 Å². The van der Waals surface area contributed by atoms with Gasteiger partial charge in [0.1, 0.15) is 5.76 Å². The molecule has 8 heteroatoms. The number of aromatic nitrogens is 2. The molecule has 0 saturated carbocycles. The molecular formula is C12H13N3O5. The monoisotopic (exact) mass is 279 g/mol. The fourth-order valence-electron chi connectivity index (χ4n) is 1.52. The Morgan fingerprint density at radius 3 is 2.80 bits per heavy atom. The van der Waals surface area contributed by atoms with Crippen LogP contribution in [0.5, 0.6) is 0 Å². The number of amides is 1. The first-order valence-corrected chi connectivity index (χ1v) is 5.92. The third kappa shape index (κ3) is 3.67. The molecule has 0 saturated heterocycles. The first-order chi connectivity index (χ1) is 9.54. The SMILES string of the molecule is Cc1noc(CCC(=O)NCc2ccc(C(=O)O)o2)n1. The Hall–Kier alpha value is -2.64. The smallest absolute Gasteiger partial charge is 0.371 e. The van der Waals surface area contributed by atoms with Gasteiger partial charge in [-0.25, -0.2) is 4.79 Å². The first-order valence-electron chi connectivity index (χ1n) is 5.92. The van der Waals surface area contributed by atoms with E-state index >= 15 is 0 Å². The average Bonchev–Trinajstić information content (AvgIpc) is 3.03. The molecule has 0 aromatic carbocycles. The lowest BCUT2D eigenvalue weighted by atomic mass is 10.3. The van der Waals surface area contributed by atoms with Crippen molar-refractivity contribution in [1.82, 2.24) is 15.5 Å². The van der Waals surface area contributed by atoms with E-state index in [0.717, 1.165) is 0 Å². The van der Waals surface area contributed by atoms with Gasteiger partial charge in [0.05, 0.1) is 6.54 Å². The van der Waals surface area contributed by atoms with Gasteiger partial charge in [-0.2, -0.15) is 4.98 Å². The highest BCUT2D eigenvalue weighted by atomic mass is 16.5. The number of furan rings is 1. The van der Waals surface area contributed by atoms with E-state index in [2.05, 4.69) is 15.5 Å². The molecule has 1 amide bonds. The Morgan fingerprint density at radius 2 is 2.20 bits per heavy atom. The van der Waals surface area contributed by atoms with E-state index in [0.29, 0.717) is 23.9 Å². The number of carbonyl (C=O) groups is 2. The zero-order chi connectivity index (χ0) is 14.5. The van der Waals surface area contributed by atoms with Crippen molar-refractivity contribution < 1.29 is 23.6 Å². The van der Waals surface area contributed by atoms with Crippen molar-refractivity contribution in [2.75, 3.05) is 0 Å². The number of nitrogens with one attached hydrogen (secondary N) is 1. The van der Waals surface area contributed by atoms with Crippen molar-refractivity contribution in [1.29, 1.82) is 0 Å². The summed E-state index contributed by atoms with van der Waals surface area (Å²) in [5, 5.41) is 14.9. The maximum atomic E-state index is 11.6. The third-order valence-electron chi connectivity index (χ3n) is 2.47. The zero-order valence-electron chi connectivity index (χ0n) is 10.8. The van der Waals surface area contributed by atoms with Crippen LogP contribution >= 0.6 is 0 Å². The van der Waals surface area contributed by atoms with Gasteiger partial charge in [-0.15, -0.1) is 0 Å². The van der Waals surface area contributed by atoms with Crippen LogP contribution in [0.2, 0.25) is 0 Å². The van der Waals surface area contributed by atoms with Gasteiger partial charge in [-0.1, -0.05) is 5.16 Å². The third-order valence-corrected chi connectivity index (χ3v) is 2.47. The molecule has 0 fully saturated rings. The second-order valence-corrected chi connectivity index (χ2v) is 4.08. The lowest BCUT2D eigenvalue weighted by Gasteiger charge is -2.01. The van der Waals surface area contributed by atoms with Crippen molar-refractivity contribution in [3.63, 3.8) is 0 Å². The normalized spacial score (nSPS) is 10.4. The van der Waals surface area contributed by atoms with E-state index in [1.54, 1.807) is 6.92 Å². The molecule has 106 valence electrons. The zero-order valence-corrected chi connectivity index (χ0v) is 10.8. The van der Waals surface area contributed by atoms with Gasteiger partial charge in [0, 0.05) is 12.8 Å². The van der Waals surface area contributed by atoms with Crippen molar-refractivity contribution in [3.05, 3.63) is 35.4 Å². The largest absolute Gasteiger partial charge is 0.475 e. The van der Waals surface area contributed by atoms with Gasteiger partial charge < -0.3 is 19.4 Å². The van der Waals surface area contributed by atoms with E-state index < -0.39 is 5.97 Å². The summed E-state index contributed by atoms with van der Waals surface area (Å²) in [6.07, 6.45) is 0.555. The van der Waals surface area contributed by atoms with Crippen LogP contribution in [0.4, 0.5) is 0 Å². The molecule has 0 radical (unpaired) electrons. The molecule has 20 heavy (non-hydrogen) atoms. The van der Waals surface area contributed by atoms with Crippen LogP contribution in [-0.2, 0) is 17.8 Å². The Bertz CT molecular complexity index is 616. The number of hydrogen-bond donors (Lipinski definition) is 2. The Labute approximate surface area is 113 Å². The molecule has 2 rings (SSSR count). The number of carboxylic acids is 1. The van der Waals surface area contributed by atoms with Crippen LogP contribution in [0.25, 0.3) is 0 Å². The minimum atomic E-state index is -1.14. The molecule has 2 N–H and O–H groups in total. The van der Waals surface area contributed by atoms with E-state index in [1.807, 2.05) is 0 Å². The molecule has 2 aromatic heterocycles. The Balaban J connectivity index is 1.75. The second-order valence-electron chi connectivity index (χ2n) is 4.08. The van der Waals surface area contributed by atoms with Crippen molar-refractivity contribution in [2.24, 2.45) is 0 Å². The highest BCUT2D eigenvalue weighted by Crippen LogP contribution is 2.07. The number of carbonyl (C=O) groups excluding carboxylic acids is 1. The van der Waals surface area contributed by atoms with E-state index in [4.69, 9.17) is 14.0 Å². The van der Waals surface area contributed by atoms with Gasteiger partial charge in [0.15, 0.2) is 5.82 Å². The highest BCUT2D eigenvalue weighted by molar-refractivity contribution is 5.84. The molecule has 0 bridgehead atoms. The number of aryl methyl sites for hydroxylation is 2. The van der Waals surface area contributed by atoms with Crippen molar-refractivity contribution in [3.8, 4) is 0 Å². The van der Waals surface area contributed by atoms with Gasteiger partial charge in [0.2, 0.25) is 17.6 Å². The summed E-state index contributed by atoms with van der Waals surface area (Å²) in [4.78, 5) is 26.2. The molecule has 0 aliphatic rings. The fourth-order valence-corrected chi connectivity index (χ4v) is 1.52. The number of hydrogen-bond acceptors (Lipinski definition) is 6. The minimum Gasteiger partial charge on any atom is -0.475 e. The first kappa shape index (κ1) is 13.8. The van der Waals surface area contributed by atoms with E-state index in [9.17, 15) is 9.59 Å². The molecule has 8 nitrogen and oxygen atoms in total. The van der Waals surface area contributed by atoms with E-state index in [1.165, 1.54) is 12.1 Å². The molecule has 2 heterocycles. The fraction of sp³-hybridized carbons (Fsp3) is 0.333. The van der Waals surface area contributed by atoms with Gasteiger partial charge in [-0.05, 0) is 19.1 Å². The quantitative estimate of drug-likeness (QED) is 0.806. The average molecular weight is 279 g/mol. The molecule has 0 aliphatic heterocycles. The van der Waals surface area contributed by atoms with Crippen LogP contribution < -0.4 is 5.32 Å². The molecule has 0 atom stereocenters. The summed E-state index contributed by atoms with van der Waals surface area (Å²) >= 11 is 0. The summed E-state index contributed by atoms with van der Waals surface area (Å²) < 4.78 is 9.89. The summed E-state index contributed by atoms with van der Waals surface area (Å²) in [5.41, 5.74) is 0. The lowest BCUT2D eigenvalue weighted by molar-refractivity contribution is -0.121. The lowest BCUT2D eigenvalue weighted by Crippen LogP contribution is -2.22. The maximum Gasteiger partial charge on any atom is 0.371 e. The summed E-state index contributed by atoms with van der Waals surface area (Å²) in [6.45, 7) is 1.83. The van der Waals surface area contributed by atoms with Crippen LogP contribution in [0.1, 0.15) is 34.5 Å². The predicted molar refractivity (Wildman–Crippen MR) is 64.9 cm³/mol. The molecule has 0 aliphatic carbocycles. The number of nitrogens with zero attached hydrogens (tertiary/aromatic N) is 2. The molecule has 2 aromatic rings. The van der Waals surface area contributed by atoms with Crippen molar-refractivity contribution >= 4 is 11.9 Å². The minimum absolute atomic E-state index is 0.134. The standard InChI is InChI=1S/C12H13N3O5/c1-7-14-11(20-15-7)5-4-10(16)13-6-8-2-3-9(19-8)12(17)18/h2-3H,4-6H2,1H3,(H,13,16)(H,17,18). The summed E-state index contributed by atoms with van der Waals surface area (Å²) in [5.74, 6) is -0.204. The number of rotatable bonds is 6. The van der Waals surface area contributed by atoms with Crippen molar-refractivity contribution in [2.45, 2.75) is 26.3 Å². The molecule has 0 spiro atoms. The molecular weight excluding hydrogens is 266 g/mol. The summed E-state index contributed by atoms with van der Waals surface area (Å²) in [7, 11) is 0. The highest BCUT2D eigenvalue weighted by Gasteiger charge is 2.10. The van der Waals surface area contributed by atoms with Gasteiger partial charge in [-0.3, -0.25) is 4.79 Å². The van der Waals surface area contributed by atoms with Gasteiger partial charge in [0.25, 0.3) is 0 Å². The van der Waals surface area contributed by atoms with Crippen LogP contribution in [0.3, 0.4) is 0 Å². The second kappa shape index (κ2) is 6.00. The maximum absolute atomic E-state index is 11.6.